The maximum Gasteiger partial charge on any atom is 0.155 e. The zero-order valence-electron chi connectivity index (χ0n) is 28.1. The van der Waals surface area contributed by atoms with Crippen molar-refractivity contribution in [3.63, 3.8) is 0 Å². The van der Waals surface area contributed by atoms with Gasteiger partial charge in [0.25, 0.3) is 0 Å². The Kier molecular flexibility index (Phi) is 8.61. The summed E-state index contributed by atoms with van der Waals surface area (Å²) in [5.74, 6) is 1.04. The number of hydrogen-bond donors (Lipinski definition) is 0. The maximum atomic E-state index is 6.91. The van der Waals surface area contributed by atoms with Crippen molar-refractivity contribution in [1.82, 2.24) is 0 Å². The highest BCUT2D eigenvalue weighted by Crippen LogP contribution is 2.40. The molecule has 1 heterocycles. The van der Waals surface area contributed by atoms with Crippen molar-refractivity contribution in [2.24, 2.45) is 0 Å². The van der Waals surface area contributed by atoms with Gasteiger partial charge in [0.05, 0.1) is 6.61 Å². The molecule has 6 aromatic carbocycles. The molecule has 6 aromatic rings. The summed E-state index contributed by atoms with van der Waals surface area (Å²) in [5.41, 5.74) is 6.60. The third-order valence-corrected chi connectivity index (χ3v) is 27.0. The van der Waals surface area contributed by atoms with Gasteiger partial charge in [0, 0.05) is 5.56 Å². The molecule has 1 aliphatic rings. The van der Waals surface area contributed by atoms with Crippen molar-refractivity contribution in [2.45, 2.75) is 47.0 Å². The number of ether oxygens (including phenoxy) is 1. The Bertz CT molecular complexity index is 1910. The number of unbranched alkanes of at least 4 members (excludes halogenated alkanes) is 2. The van der Waals surface area contributed by atoms with E-state index in [2.05, 4.69) is 173 Å². The smallest absolute Gasteiger partial charge is 0.155 e. The number of hydrogen-bond acceptors (Lipinski definition) is 1. The van der Waals surface area contributed by atoms with Crippen molar-refractivity contribution in [1.29, 1.82) is 0 Å². The highest BCUT2D eigenvalue weighted by molar-refractivity contribution is 7.68. The van der Waals surface area contributed by atoms with Gasteiger partial charge in [-0.15, -0.1) is 0 Å². The van der Waals surface area contributed by atoms with E-state index in [1.165, 1.54) is 71.8 Å². The summed E-state index contributed by atoms with van der Waals surface area (Å²) in [5, 5.41) is 8.85. The Labute approximate surface area is 282 Å². The molecule has 0 aliphatic carbocycles. The molecule has 234 valence electrons. The largest absolute Gasteiger partial charge is 0.493 e. The van der Waals surface area contributed by atoms with E-state index in [0.29, 0.717) is 0 Å². The topological polar surface area (TPSA) is 9.23 Å². The molecule has 3 heteroatoms. The van der Waals surface area contributed by atoms with Crippen LogP contribution >= 0.6 is 0 Å². The first-order valence-corrected chi connectivity index (χ1v) is 22.2. The first kappa shape index (κ1) is 31.2. The molecule has 0 atom stereocenters. The van der Waals surface area contributed by atoms with Crippen LogP contribution in [0.3, 0.4) is 0 Å². The van der Waals surface area contributed by atoms with Gasteiger partial charge in [0.15, 0.2) is 15.2 Å². The molecule has 0 fully saturated rings. The number of rotatable bonds is 9. The molecule has 0 radical (unpaired) electrons. The molecule has 1 nitrogen and oxygen atoms in total. The Morgan fingerprint density at radius 3 is 1.30 bits per heavy atom. The van der Waals surface area contributed by atoms with Crippen LogP contribution < -0.4 is 35.9 Å². The van der Waals surface area contributed by atoms with Gasteiger partial charge >= 0.3 is 0 Å². The second-order valence-corrected chi connectivity index (χ2v) is 24.1. The Morgan fingerprint density at radius 2 is 0.872 bits per heavy atom. The van der Waals surface area contributed by atoms with Crippen LogP contribution in [0.2, 0.25) is 0 Å². The lowest BCUT2D eigenvalue weighted by Crippen LogP contribution is -2.95. The SMILES string of the molecule is CCCCCOc1cc(C)cc2c1-c1c(C)cc(C)cc1[Si](c1ccccc1)(c1ccccc1)[Si]2(c1ccccc1)c1ccccc1. The monoisotopic (exact) mass is 644 g/mol. The molecule has 0 amide bonds. The first-order chi connectivity index (χ1) is 23.0. The summed E-state index contributed by atoms with van der Waals surface area (Å²) in [7, 11) is -5.91. The summed E-state index contributed by atoms with van der Waals surface area (Å²) in [6, 6.07) is 56.1. The van der Waals surface area contributed by atoms with Gasteiger partial charge in [0.2, 0.25) is 0 Å². The molecule has 0 N–H and O–H groups in total. The molecule has 0 saturated heterocycles. The molecule has 0 spiro atoms. The lowest BCUT2D eigenvalue weighted by Gasteiger charge is -2.54. The number of aryl methyl sites for hydroxylation is 3. The van der Waals surface area contributed by atoms with Gasteiger partial charge in [-0.2, -0.15) is 0 Å². The lowest BCUT2D eigenvalue weighted by atomic mass is 9.96. The van der Waals surface area contributed by atoms with Gasteiger partial charge in [-0.3, -0.25) is 0 Å². The molecular formula is C44H44OSi2. The zero-order valence-corrected chi connectivity index (χ0v) is 30.1. The van der Waals surface area contributed by atoms with Gasteiger partial charge in [0.1, 0.15) is 5.75 Å². The van der Waals surface area contributed by atoms with Crippen molar-refractivity contribution in [2.75, 3.05) is 6.61 Å². The number of fused-ring (bicyclic) bond motifs is 3. The van der Waals surface area contributed by atoms with Crippen LogP contribution in [0.1, 0.15) is 42.9 Å². The minimum Gasteiger partial charge on any atom is -0.493 e. The van der Waals surface area contributed by atoms with Gasteiger partial charge in [-0.1, -0.05) is 186 Å². The quantitative estimate of drug-likeness (QED) is 0.123. The first-order valence-electron chi connectivity index (χ1n) is 17.2. The Morgan fingerprint density at radius 1 is 0.468 bits per heavy atom. The predicted molar refractivity (Wildman–Crippen MR) is 206 cm³/mol. The average molecular weight is 645 g/mol. The molecular weight excluding hydrogens is 601 g/mol. The summed E-state index contributed by atoms with van der Waals surface area (Å²) in [6.45, 7) is 9.86. The highest BCUT2D eigenvalue weighted by atomic mass is 29.3. The van der Waals surface area contributed by atoms with Crippen LogP contribution in [0.5, 0.6) is 5.75 Å². The van der Waals surface area contributed by atoms with E-state index in [1.807, 2.05) is 0 Å². The predicted octanol–water partition coefficient (Wildman–Crippen LogP) is 6.88. The van der Waals surface area contributed by atoms with E-state index in [4.69, 9.17) is 4.74 Å². The van der Waals surface area contributed by atoms with Crippen LogP contribution in [0.15, 0.2) is 146 Å². The van der Waals surface area contributed by atoms with Crippen LogP contribution in [-0.4, -0.2) is 21.8 Å². The van der Waals surface area contributed by atoms with E-state index in [9.17, 15) is 0 Å². The van der Waals surface area contributed by atoms with Crippen molar-refractivity contribution >= 4 is 46.3 Å². The third-order valence-electron chi connectivity index (χ3n) is 10.2. The fourth-order valence-corrected chi connectivity index (χ4v) is 28.8. The Balaban J connectivity index is 1.78. The minimum absolute atomic E-state index is 0.731. The maximum absolute atomic E-state index is 6.91. The molecule has 0 saturated carbocycles. The van der Waals surface area contributed by atoms with Crippen LogP contribution in [0.4, 0.5) is 0 Å². The zero-order chi connectivity index (χ0) is 32.4. The normalized spacial score (nSPS) is 14.2. The standard InChI is InChI=1S/C44H44OSi2/c1-5-6-19-28-45-40-30-34(3)32-42-44(40)43-35(4)29-33(2)31-41(43)46(36-20-11-7-12-21-36,37-22-13-8-14-23-37)47(42,38-24-15-9-16-25-38)39-26-17-10-18-27-39/h7-18,20-27,29-32H,5-6,19,28H2,1-4H3. The van der Waals surface area contributed by atoms with Crippen molar-refractivity contribution < 1.29 is 4.74 Å². The van der Waals surface area contributed by atoms with Crippen molar-refractivity contribution in [3.8, 4) is 16.9 Å². The summed E-state index contributed by atoms with van der Waals surface area (Å²) < 4.78 is 6.91. The van der Waals surface area contributed by atoms with E-state index >= 15 is 0 Å². The molecule has 1 aliphatic heterocycles. The third kappa shape index (κ3) is 4.95. The van der Waals surface area contributed by atoms with E-state index in [0.717, 1.165) is 18.8 Å². The highest BCUT2D eigenvalue weighted by Gasteiger charge is 2.65. The van der Waals surface area contributed by atoms with Crippen LogP contribution in [-0.2, 0) is 0 Å². The average Bonchev–Trinajstić information content (AvgIpc) is 3.11. The molecule has 0 bridgehead atoms. The van der Waals surface area contributed by atoms with Crippen LogP contribution in [0.25, 0.3) is 11.1 Å². The summed E-state index contributed by atoms with van der Waals surface area (Å²) in [4.78, 5) is 0. The van der Waals surface area contributed by atoms with E-state index in [-0.39, 0.29) is 0 Å². The fraction of sp³-hybridized carbons (Fsp3) is 0.182. The summed E-state index contributed by atoms with van der Waals surface area (Å²) >= 11 is 0. The molecule has 7 rings (SSSR count). The molecule has 0 aromatic heterocycles. The van der Waals surface area contributed by atoms with Crippen molar-refractivity contribution in [3.05, 3.63) is 162 Å². The van der Waals surface area contributed by atoms with Gasteiger partial charge in [-0.05, 0) is 60.3 Å². The lowest BCUT2D eigenvalue weighted by molar-refractivity contribution is 0.307. The fourth-order valence-electron chi connectivity index (χ4n) is 8.53. The molecule has 47 heavy (non-hydrogen) atoms. The number of benzene rings is 6. The van der Waals surface area contributed by atoms with Crippen LogP contribution in [0, 0.1) is 20.8 Å². The summed E-state index contributed by atoms with van der Waals surface area (Å²) in [6.07, 6.45) is 3.41. The van der Waals surface area contributed by atoms with Gasteiger partial charge in [-0.25, -0.2) is 0 Å². The van der Waals surface area contributed by atoms with Gasteiger partial charge < -0.3 is 4.74 Å². The second-order valence-electron chi connectivity index (χ2n) is 13.2. The minimum atomic E-state index is -2.97. The van der Waals surface area contributed by atoms with E-state index < -0.39 is 15.2 Å². The van der Waals surface area contributed by atoms with E-state index in [1.54, 1.807) is 0 Å². The molecule has 0 unspecified atom stereocenters. The Hall–Kier alpha value is -4.45. The second kappa shape index (κ2) is 13.0.